The number of halogens is 1. The third-order valence-corrected chi connectivity index (χ3v) is 4.23. The van der Waals surface area contributed by atoms with Crippen molar-refractivity contribution in [3.63, 3.8) is 0 Å². The number of rotatable bonds is 3. The number of carbonyl (C=O) groups is 1. The maximum Gasteiger partial charge on any atom is 0.251 e. The summed E-state index contributed by atoms with van der Waals surface area (Å²) in [6, 6.07) is 7.03. The zero-order valence-corrected chi connectivity index (χ0v) is 17.6. The second kappa shape index (κ2) is 7.05. The van der Waals surface area contributed by atoms with Crippen molar-refractivity contribution < 1.29 is 9.53 Å². The van der Waals surface area contributed by atoms with E-state index in [-0.39, 0.29) is 11.4 Å². The summed E-state index contributed by atoms with van der Waals surface area (Å²) in [7, 11) is 0. The Morgan fingerprint density at radius 3 is 2.46 bits per heavy atom. The molecule has 0 saturated carbocycles. The maximum absolute atomic E-state index is 12.5. The Kier molecular flexibility index (Phi) is 5.06. The van der Waals surface area contributed by atoms with Gasteiger partial charge in [-0.25, -0.2) is 14.6 Å². The molecular weight excluding hydrogens is 378 g/mol. The molecule has 0 aliphatic heterocycles. The van der Waals surface area contributed by atoms with Gasteiger partial charge in [0.05, 0.1) is 5.54 Å². The molecule has 0 spiro atoms. The molecule has 1 N–H and O–H groups in total. The molecule has 0 atom stereocenters. The average Bonchev–Trinajstić information content (AvgIpc) is 2.94. The molecule has 0 aliphatic carbocycles. The Hall–Kier alpha value is -2.67. The molecule has 7 nitrogen and oxygen atoms in total. The third-order valence-electron chi connectivity index (χ3n) is 3.99. The van der Waals surface area contributed by atoms with Crippen molar-refractivity contribution >= 4 is 34.4 Å². The summed E-state index contributed by atoms with van der Waals surface area (Å²) >= 11 is 6.07. The highest BCUT2D eigenvalue weighted by Crippen LogP contribution is 2.36. The predicted octanol–water partition coefficient (Wildman–Crippen LogP) is 5.01. The number of fused-ring (bicyclic) bond motifs is 1. The minimum absolute atomic E-state index is 0.162. The van der Waals surface area contributed by atoms with Crippen LogP contribution >= 0.6 is 11.6 Å². The molecule has 0 fully saturated rings. The van der Waals surface area contributed by atoms with E-state index in [2.05, 4.69) is 20.4 Å². The SMILES string of the molecule is CC(C)(C)C(=O)Nc1ncnc2c1c(Oc1cccc(Cl)c1)nn2C(C)(C)C. The number of anilines is 1. The van der Waals surface area contributed by atoms with Gasteiger partial charge >= 0.3 is 0 Å². The van der Waals surface area contributed by atoms with Gasteiger partial charge in [0.2, 0.25) is 5.91 Å². The molecule has 1 aromatic carbocycles. The van der Waals surface area contributed by atoms with Gasteiger partial charge in [-0.1, -0.05) is 38.4 Å². The minimum Gasteiger partial charge on any atom is -0.437 e. The number of benzene rings is 1. The topological polar surface area (TPSA) is 81.9 Å². The zero-order chi connectivity index (χ0) is 20.7. The lowest BCUT2D eigenvalue weighted by atomic mass is 9.96. The monoisotopic (exact) mass is 401 g/mol. The highest BCUT2D eigenvalue weighted by Gasteiger charge is 2.28. The number of carbonyl (C=O) groups excluding carboxylic acids is 1. The molecule has 0 saturated heterocycles. The fourth-order valence-electron chi connectivity index (χ4n) is 2.49. The van der Waals surface area contributed by atoms with E-state index in [0.717, 1.165) is 0 Å². The Balaban J connectivity index is 2.17. The van der Waals surface area contributed by atoms with Crippen LogP contribution in [0.5, 0.6) is 11.6 Å². The molecule has 8 heteroatoms. The molecule has 28 heavy (non-hydrogen) atoms. The summed E-state index contributed by atoms with van der Waals surface area (Å²) in [5.41, 5.74) is -0.359. The minimum atomic E-state index is -0.578. The fourth-order valence-corrected chi connectivity index (χ4v) is 2.67. The number of nitrogens with zero attached hydrogens (tertiary/aromatic N) is 4. The normalized spacial score (nSPS) is 12.2. The molecule has 148 valence electrons. The Labute approximate surface area is 169 Å². The summed E-state index contributed by atoms with van der Waals surface area (Å²) in [4.78, 5) is 21.2. The highest BCUT2D eigenvalue weighted by atomic mass is 35.5. The van der Waals surface area contributed by atoms with E-state index in [1.807, 2.05) is 41.5 Å². The molecule has 3 aromatic rings. The van der Waals surface area contributed by atoms with Gasteiger partial charge in [0.25, 0.3) is 5.88 Å². The van der Waals surface area contributed by atoms with Crippen molar-refractivity contribution in [2.75, 3.05) is 5.32 Å². The van der Waals surface area contributed by atoms with E-state index in [1.165, 1.54) is 6.33 Å². The smallest absolute Gasteiger partial charge is 0.251 e. The summed E-state index contributed by atoms with van der Waals surface area (Å²) < 4.78 is 7.77. The average molecular weight is 402 g/mol. The van der Waals surface area contributed by atoms with E-state index in [0.29, 0.717) is 33.5 Å². The van der Waals surface area contributed by atoms with E-state index in [1.54, 1.807) is 28.9 Å². The number of ether oxygens (including phenoxy) is 1. The van der Waals surface area contributed by atoms with E-state index in [9.17, 15) is 4.79 Å². The predicted molar refractivity (Wildman–Crippen MR) is 110 cm³/mol. The maximum atomic E-state index is 12.5. The van der Waals surface area contributed by atoms with Gasteiger partial charge in [0, 0.05) is 10.4 Å². The van der Waals surface area contributed by atoms with Crippen molar-refractivity contribution in [1.29, 1.82) is 0 Å². The molecule has 0 aliphatic rings. The largest absolute Gasteiger partial charge is 0.437 e. The van der Waals surface area contributed by atoms with E-state index < -0.39 is 5.41 Å². The number of amides is 1. The first kappa shape index (κ1) is 20.1. The molecule has 0 bridgehead atoms. The van der Waals surface area contributed by atoms with Crippen molar-refractivity contribution in [3.8, 4) is 11.6 Å². The van der Waals surface area contributed by atoms with Crippen LogP contribution in [-0.2, 0) is 10.3 Å². The summed E-state index contributed by atoms with van der Waals surface area (Å²) in [6.45, 7) is 11.5. The van der Waals surface area contributed by atoms with Gasteiger partial charge < -0.3 is 10.1 Å². The van der Waals surface area contributed by atoms with E-state index in [4.69, 9.17) is 16.3 Å². The summed E-state index contributed by atoms with van der Waals surface area (Å²) in [6.07, 6.45) is 1.41. The third kappa shape index (κ3) is 4.09. The molecule has 3 rings (SSSR count). The van der Waals surface area contributed by atoms with Crippen LogP contribution in [0.15, 0.2) is 30.6 Å². The van der Waals surface area contributed by atoms with Crippen LogP contribution in [-0.4, -0.2) is 25.7 Å². The summed E-state index contributed by atoms with van der Waals surface area (Å²) in [5.74, 6) is 1.03. The van der Waals surface area contributed by atoms with Crippen LogP contribution in [0.25, 0.3) is 11.0 Å². The molecule has 2 aromatic heterocycles. The standard InChI is InChI=1S/C20H24ClN5O2/c1-19(2,3)18(27)24-15-14-16(23-11-22-15)26(20(4,5)6)25-17(14)28-13-9-7-8-12(21)10-13/h7-11H,1-6H3,(H,22,23,24,27). The van der Waals surface area contributed by atoms with Crippen LogP contribution in [0.3, 0.4) is 0 Å². The number of hydrogen-bond acceptors (Lipinski definition) is 5. The van der Waals surface area contributed by atoms with Gasteiger partial charge in [-0.05, 0) is 39.0 Å². The quantitative estimate of drug-likeness (QED) is 0.666. The Bertz CT molecular complexity index is 1030. The highest BCUT2D eigenvalue weighted by molar-refractivity contribution is 6.30. The van der Waals surface area contributed by atoms with Crippen LogP contribution in [0.2, 0.25) is 5.02 Å². The first-order valence-corrected chi connectivity index (χ1v) is 9.34. The van der Waals surface area contributed by atoms with Gasteiger partial charge in [0.15, 0.2) is 11.5 Å². The molecule has 2 heterocycles. The van der Waals surface area contributed by atoms with Crippen LogP contribution < -0.4 is 10.1 Å². The molecule has 0 unspecified atom stereocenters. The van der Waals surface area contributed by atoms with E-state index >= 15 is 0 Å². The van der Waals surface area contributed by atoms with Gasteiger partial charge in [0.1, 0.15) is 17.5 Å². The first-order chi connectivity index (χ1) is 13.0. The van der Waals surface area contributed by atoms with Crippen molar-refractivity contribution in [1.82, 2.24) is 19.7 Å². The first-order valence-electron chi connectivity index (χ1n) is 8.96. The van der Waals surface area contributed by atoms with Gasteiger partial charge in [-0.3, -0.25) is 4.79 Å². The molecular formula is C20H24ClN5O2. The Morgan fingerprint density at radius 2 is 1.86 bits per heavy atom. The van der Waals surface area contributed by atoms with Crippen LogP contribution in [0, 0.1) is 5.41 Å². The second-order valence-electron chi connectivity index (χ2n) is 8.57. The van der Waals surface area contributed by atoms with Gasteiger partial charge in [-0.15, -0.1) is 5.10 Å². The molecule has 0 radical (unpaired) electrons. The number of nitrogens with one attached hydrogen (secondary N) is 1. The van der Waals surface area contributed by atoms with Crippen LogP contribution in [0.4, 0.5) is 5.82 Å². The second-order valence-corrected chi connectivity index (χ2v) is 9.01. The summed E-state index contributed by atoms with van der Waals surface area (Å²) in [5, 5.41) is 8.58. The Morgan fingerprint density at radius 1 is 1.14 bits per heavy atom. The lowest BCUT2D eigenvalue weighted by Gasteiger charge is -2.19. The van der Waals surface area contributed by atoms with Crippen molar-refractivity contribution in [3.05, 3.63) is 35.6 Å². The van der Waals surface area contributed by atoms with Crippen molar-refractivity contribution in [2.45, 2.75) is 47.1 Å². The zero-order valence-electron chi connectivity index (χ0n) is 16.9. The van der Waals surface area contributed by atoms with Crippen LogP contribution in [0.1, 0.15) is 41.5 Å². The lowest BCUT2D eigenvalue weighted by molar-refractivity contribution is -0.123. The number of hydrogen-bond donors (Lipinski definition) is 1. The molecule has 1 amide bonds. The van der Waals surface area contributed by atoms with Crippen molar-refractivity contribution in [2.24, 2.45) is 5.41 Å². The van der Waals surface area contributed by atoms with Gasteiger partial charge in [-0.2, -0.15) is 0 Å². The lowest BCUT2D eigenvalue weighted by Crippen LogP contribution is -2.28. The number of aromatic nitrogens is 4. The fraction of sp³-hybridized carbons (Fsp3) is 0.400.